The van der Waals surface area contributed by atoms with E-state index in [-0.39, 0.29) is 0 Å². The Bertz CT molecular complexity index is 438. The molecular weight excluding hydrogens is 403 g/mol. The Morgan fingerprint density at radius 3 is 3.00 bits per heavy atom. The Kier molecular flexibility index (Phi) is 4.15. The number of rotatable bonds is 2. The summed E-state index contributed by atoms with van der Waals surface area (Å²) in [6, 6.07) is 8.03. The molecule has 2 aliphatic rings. The third-order valence-corrected chi connectivity index (χ3v) is 6.44. The molecule has 2 fully saturated rings. The van der Waals surface area contributed by atoms with Crippen LogP contribution in [0.15, 0.2) is 22.7 Å². The Hall–Kier alpha value is 0.190. The molecule has 0 amide bonds. The van der Waals surface area contributed by atoms with Crippen molar-refractivity contribution >= 4 is 44.2 Å². The van der Waals surface area contributed by atoms with Crippen molar-refractivity contribution in [1.29, 1.82) is 0 Å². The van der Waals surface area contributed by atoms with Gasteiger partial charge in [0.2, 0.25) is 0 Å². The molecule has 0 spiro atoms. The lowest BCUT2D eigenvalue weighted by molar-refractivity contribution is 0.188. The third kappa shape index (κ3) is 2.85. The molecule has 1 aromatic carbocycles. The molecule has 98 valence electrons. The monoisotopic (exact) mass is 420 g/mol. The average Bonchev–Trinajstić information content (AvgIpc) is 2.81. The van der Waals surface area contributed by atoms with E-state index in [0.717, 1.165) is 6.04 Å². The van der Waals surface area contributed by atoms with Crippen molar-refractivity contribution in [2.24, 2.45) is 0 Å². The standard InChI is InChI=1S/C14H18BrIN2/c15-13-4-3-10(9-14(13)16)17-11-5-7-18-6-1-2-12(18)8-11/h3-4,9,11-12,17H,1-2,5-8H2. The number of fused-ring (bicyclic) bond motifs is 1. The van der Waals surface area contributed by atoms with Crippen molar-refractivity contribution in [1.82, 2.24) is 4.90 Å². The summed E-state index contributed by atoms with van der Waals surface area (Å²) in [6.45, 7) is 2.60. The van der Waals surface area contributed by atoms with Crippen molar-refractivity contribution < 1.29 is 0 Å². The van der Waals surface area contributed by atoms with Gasteiger partial charge in [0.15, 0.2) is 0 Å². The maximum atomic E-state index is 3.71. The van der Waals surface area contributed by atoms with Crippen LogP contribution >= 0.6 is 38.5 Å². The van der Waals surface area contributed by atoms with E-state index >= 15 is 0 Å². The fourth-order valence-corrected chi connectivity index (χ4v) is 3.94. The number of benzene rings is 1. The van der Waals surface area contributed by atoms with E-state index < -0.39 is 0 Å². The molecule has 0 radical (unpaired) electrons. The van der Waals surface area contributed by atoms with Crippen molar-refractivity contribution in [3.05, 3.63) is 26.2 Å². The van der Waals surface area contributed by atoms with Gasteiger partial charge in [0, 0.05) is 32.4 Å². The van der Waals surface area contributed by atoms with Crippen molar-refractivity contribution in [2.75, 3.05) is 18.4 Å². The van der Waals surface area contributed by atoms with Crippen LogP contribution in [0, 0.1) is 3.57 Å². The lowest BCUT2D eigenvalue weighted by Crippen LogP contribution is -2.42. The van der Waals surface area contributed by atoms with Gasteiger partial charge in [-0.15, -0.1) is 0 Å². The van der Waals surface area contributed by atoms with E-state index in [1.807, 2.05) is 0 Å². The van der Waals surface area contributed by atoms with Crippen molar-refractivity contribution in [2.45, 2.75) is 37.8 Å². The Balaban J connectivity index is 1.64. The molecule has 18 heavy (non-hydrogen) atoms. The van der Waals surface area contributed by atoms with Crippen molar-refractivity contribution in [3.63, 3.8) is 0 Å². The van der Waals surface area contributed by atoms with Gasteiger partial charge in [-0.3, -0.25) is 0 Å². The Morgan fingerprint density at radius 1 is 1.28 bits per heavy atom. The van der Waals surface area contributed by atoms with Gasteiger partial charge in [0.1, 0.15) is 0 Å². The number of piperidine rings is 1. The van der Waals surface area contributed by atoms with Crippen LogP contribution in [0.2, 0.25) is 0 Å². The van der Waals surface area contributed by atoms with Crippen LogP contribution < -0.4 is 5.32 Å². The van der Waals surface area contributed by atoms with E-state index in [1.54, 1.807) is 0 Å². The van der Waals surface area contributed by atoms with Gasteiger partial charge in [-0.25, -0.2) is 0 Å². The minimum Gasteiger partial charge on any atom is -0.382 e. The predicted octanol–water partition coefficient (Wildman–Crippen LogP) is 4.09. The van der Waals surface area contributed by atoms with Crippen LogP contribution in [0.25, 0.3) is 0 Å². The minimum atomic E-state index is 0.654. The second-order valence-electron chi connectivity index (χ2n) is 5.33. The van der Waals surface area contributed by atoms with Gasteiger partial charge in [-0.2, -0.15) is 0 Å². The molecule has 0 bridgehead atoms. The van der Waals surface area contributed by atoms with Crippen LogP contribution in [0.5, 0.6) is 0 Å². The average molecular weight is 421 g/mol. The minimum absolute atomic E-state index is 0.654. The van der Waals surface area contributed by atoms with E-state index in [0.29, 0.717) is 6.04 Å². The van der Waals surface area contributed by atoms with Gasteiger partial charge >= 0.3 is 0 Å². The molecule has 2 unspecified atom stereocenters. The lowest BCUT2D eigenvalue weighted by Gasteiger charge is -2.35. The first-order valence-electron chi connectivity index (χ1n) is 6.68. The summed E-state index contributed by atoms with van der Waals surface area (Å²) in [6.07, 6.45) is 5.39. The molecule has 0 saturated carbocycles. The predicted molar refractivity (Wildman–Crippen MR) is 88.1 cm³/mol. The second-order valence-corrected chi connectivity index (χ2v) is 7.34. The molecule has 0 aliphatic carbocycles. The summed E-state index contributed by atoms with van der Waals surface area (Å²) >= 11 is 5.92. The molecule has 1 aromatic rings. The topological polar surface area (TPSA) is 15.3 Å². The maximum absolute atomic E-state index is 3.71. The highest BCUT2D eigenvalue weighted by Gasteiger charge is 2.31. The van der Waals surface area contributed by atoms with Gasteiger partial charge < -0.3 is 10.2 Å². The molecular formula is C14H18BrIN2. The quantitative estimate of drug-likeness (QED) is 0.724. The zero-order chi connectivity index (χ0) is 12.5. The SMILES string of the molecule is Brc1ccc(NC2CCN3CCCC3C2)cc1I. The van der Waals surface area contributed by atoms with E-state index in [1.165, 1.54) is 52.5 Å². The molecule has 1 N–H and O–H groups in total. The zero-order valence-corrected chi connectivity index (χ0v) is 14.1. The molecule has 0 aromatic heterocycles. The summed E-state index contributed by atoms with van der Waals surface area (Å²) in [4.78, 5) is 2.67. The van der Waals surface area contributed by atoms with Crippen LogP contribution in [0.3, 0.4) is 0 Å². The van der Waals surface area contributed by atoms with E-state index in [2.05, 4.69) is 66.9 Å². The highest BCUT2D eigenvalue weighted by Crippen LogP contribution is 2.29. The Morgan fingerprint density at radius 2 is 2.17 bits per heavy atom. The van der Waals surface area contributed by atoms with E-state index in [9.17, 15) is 0 Å². The summed E-state index contributed by atoms with van der Waals surface area (Å²) in [7, 11) is 0. The van der Waals surface area contributed by atoms with Gasteiger partial charge in [0.05, 0.1) is 0 Å². The summed E-state index contributed by atoms with van der Waals surface area (Å²) in [5, 5.41) is 3.71. The molecule has 4 heteroatoms. The van der Waals surface area contributed by atoms with Crippen LogP contribution in [0.1, 0.15) is 25.7 Å². The maximum Gasteiger partial charge on any atom is 0.0353 e. The number of hydrogen-bond donors (Lipinski definition) is 1. The number of halogens is 2. The van der Waals surface area contributed by atoms with Gasteiger partial charge in [0.25, 0.3) is 0 Å². The highest BCUT2D eigenvalue weighted by atomic mass is 127. The molecule has 3 rings (SSSR count). The first kappa shape index (κ1) is 13.2. The summed E-state index contributed by atoms with van der Waals surface area (Å²) in [5.74, 6) is 0. The summed E-state index contributed by atoms with van der Waals surface area (Å²) < 4.78 is 2.45. The third-order valence-electron chi connectivity index (χ3n) is 4.11. The van der Waals surface area contributed by atoms with Crippen LogP contribution in [0.4, 0.5) is 5.69 Å². The molecule has 2 aliphatic heterocycles. The number of nitrogens with zero attached hydrogens (tertiary/aromatic N) is 1. The largest absolute Gasteiger partial charge is 0.382 e. The molecule has 2 atom stereocenters. The Labute approximate surface area is 131 Å². The fraction of sp³-hybridized carbons (Fsp3) is 0.571. The molecule has 2 saturated heterocycles. The van der Waals surface area contributed by atoms with Crippen LogP contribution in [-0.2, 0) is 0 Å². The number of hydrogen-bond acceptors (Lipinski definition) is 2. The fourth-order valence-electron chi connectivity index (χ4n) is 3.18. The highest BCUT2D eigenvalue weighted by molar-refractivity contribution is 14.1. The van der Waals surface area contributed by atoms with Gasteiger partial charge in [-0.05, 0) is 88.9 Å². The van der Waals surface area contributed by atoms with E-state index in [4.69, 9.17) is 0 Å². The van der Waals surface area contributed by atoms with Crippen LogP contribution in [-0.4, -0.2) is 30.1 Å². The lowest BCUT2D eigenvalue weighted by atomic mass is 9.97. The number of nitrogens with one attached hydrogen (secondary N) is 1. The second kappa shape index (κ2) is 5.67. The normalized spacial score (nSPS) is 28.1. The number of anilines is 1. The van der Waals surface area contributed by atoms with Gasteiger partial charge in [-0.1, -0.05) is 0 Å². The first-order chi connectivity index (χ1) is 8.72. The molecule has 2 nitrogen and oxygen atoms in total. The first-order valence-corrected chi connectivity index (χ1v) is 8.55. The van der Waals surface area contributed by atoms with Crippen molar-refractivity contribution in [3.8, 4) is 0 Å². The zero-order valence-electron chi connectivity index (χ0n) is 10.3. The summed E-state index contributed by atoms with van der Waals surface area (Å²) in [5.41, 5.74) is 1.26. The smallest absolute Gasteiger partial charge is 0.0353 e. The molecule has 2 heterocycles.